The third kappa shape index (κ3) is 6.53. The molecule has 0 aliphatic heterocycles. The lowest BCUT2D eigenvalue weighted by Crippen LogP contribution is -2.20. The molecule has 0 radical (unpaired) electrons. The zero-order valence-corrected chi connectivity index (χ0v) is 13.7. The lowest BCUT2D eigenvalue weighted by atomic mass is 9.95. The Labute approximate surface area is 124 Å². The molecule has 0 aliphatic carbocycles. The van der Waals surface area contributed by atoms with Crippen molar-refractivity contribution >= 4 is 0 Å². The van der Waals surface area contributed by atoms with E-state index in [4.69, 9.17) is 4.74 Å². The van der Waals surface area contributed by atoms with Crippen molar-refractivity contribution in [1.82, 2.24) is 5.32 Å². The highest BCUT2D eigenvalue weighted by Crippen LogP contribution is 2.19. The minimum Gasteiger partial charge on any atom is -0.383 e. The summed E-state index contributed by atoms with van der Waals surface area (Å²) in [6, 6.07) is 4.62. The quantitative estimate of drug-likeness (QED) is 0.654. The summed E-state index contributed by atoms with van der Waals surface area (Å²) in [7, 11) is 1.75. The van der Waals surface area contributed by atoms with E-state index < -0.39 is 0 Å². The lowest BCUT2D eigenvalue weighted by molar-refractivity contribution is 0.199. The van der Waals surface area contributed by atoms with Gasteiger partial charge in [0.1, 0.15) is 0 Å². The Morgan fingerprint density at radius 3 is 2.20 bits per heavy atom. The smallest absolute Gasteiger partial charge is 0.0587 e. The Balaban J connectivity index is 2.13. The largest absolute Gasteiger partial charge is 0.383 e. The highest BCUT2D eigenvalue weighted by molar-refractivity contribution is 5.37. The Hall–Kier alpha value is -0.860. The van der Waals surface area contributed by atoms with Crippen LogP contribution in [0.3, 0.4) is 0 Å². The van der Waals surface area contributed by atoms with Gasteiger partial charge in [-0.2, -0.15) is 0 Å². The van der Waals surface area contributed by atoms with Gasteiger partial charge in [0, 0.05) is 13.7 Å². The van der Waals surface area contributed by atoms with E-state index in [1.165, 1.54) is 48.8 Å². The van der Waals surface area contributed by atoms with Crippen molar-refractivity contribution in [2.75, 3.05) is 26.8 Å². The molecule has 20 heavy (non-hydrogen) atoms. The molecule has 0 fully saturated rings. The average Bonchev–Trinajstić information content (AvgIpc) is 2.39. The summed E-state index contributed by atoms with van der Waals surface area (Å²) in [5.41, 5.74) is 5.87. The Bertz CT molecular complexity index is 364. The van der Waals surface area contributed by atoms with Crippen LogP contribution < -0.4 is 5.32 Å². The molecule has 1 aromatic rings. The fourth-order valence-electron chi connectivity index (χ4n) is 2.81. The number of benzene rings is 1. The van der Waals surface area contributed by atoms with Crippen LogP contribution >= 0.6 is 0 Å². The zero-order valence-electron chi connectivity index (χ0n) is 13.7. The fourth-order valence-corrected chi connectivity index (χ4v) is 2.81. The van der Waals surface area contributed by atoms with Crippen LogP contribution in [-0.2, 0) is 11.2 Å². The number of unbranched alkanes of at least 4 members (excludes halogenated alkanes) is 3. The van der Waals surface area contributed by atoms with Gasteiger partial charge in [-0.1, -0.05) is 30.5 Å². The highest BCUT2D eigenvalue weighted by atomic mass is 16.5. The summed E-state index contributed by atoms with van der Waals surface area (Å²) in [6.45, 7) is 9.57. The number of hydrogen-bond donors (Lipinski definition) is 1. The lowest BCUT2D eigenvalue weighted by Gasteiger charge is -2.11. The molecular formula is C18H31NO. The second-order valence-electron chi connectivity index (χ2n) is 5.78. The maximum absolute atomic E-state index is 5.00. The van der Waals surface area contributed by atoms with Crippen molar-refractivity contribution in [3.63, 3.8) is 0 Å². The summed E-state index contributed by atoms with van der Waals surface area (Å²) in [6.07, 6.45) is 6.47. The molecule has 114 valence electrons. The third-order valence-corrected chi connectivity index (χ3v) is 3.85. The van der Waals surface area contributed by atoms with E-state index in [9.17, 15) is 0 Å². The molecule has 0 spiro atoms. The Morgan fingerprint density at radius 1 is 0.900 bits per heavy atom. The van der Waals surface area contributed by atoms with Crippen molar-refractivity contribution in [3.8, 4) is 0 Å². The van der Waals surface area contributed by atoms with Gasteiger partial charge in [-0.15, -0.1) is 0 Å². The predicted molar refractivity (Wildman–Crippen MR) is 87.6 cm³/mol. The Morgan fingerprint density at radius 2 is 1.55 bits per heavy atom. The maximum atomic E-state index is 5.00. The van der Waals surface area contributed by atoms with E-state index in [2.05, 4.69) is 38.2 Å². The van der Waals surface area contributed by atoms with Gasteiger partial charge in [-0.05, 0) is 63.3 Å². The molecule has 0 saturated heterocycles. The van der Waals surface area contributed by atoms with Crippen molar-refractivity contribution < 1.29 is 4.74 Å². The van der Waals surface area contributed by atoms with Gasteiger partial charge in [0.25, 0.3) is 0 Å². The number of nitrogens with one attached hydrogen (secondary N) is 1. The first kappa shape index (κ1) is 17.2. The van der Waals surface area contributed by atoms with E-state index in [1.54, 1.807) is 12.7 Å². The highest BCUT2D eigenvalue weighted by Gasteiger charge is 2.03. The van der Waals surface area contributed by atoms with Gasteiger partial charge in [0.05, 0.1) is 6.61 Å². The summed E-state index contributed by atoms with van der Waals surface area (Å²) < 4.78 is 5.00. The molecule has 1 aromatic carbocycles. The van der Waals surface area contributed by atoms with Crippen LogP contribution in [0.15, 0.2) is 12.1 Å². The second-order valence-corrected chi connectivity index (χ2v) is 5.78. The predicted octanol–water partition coefficient (Wildman–Crippen LogP) is 3.95. The summed E-state index contributed by atoms with van der Waals surface area (Å²) in [5, 5.41) is 3.39. The zero-order chi connectivity index (χ0) is 14.8. The summed E-state index contributed by atoms with van der Waals surface area (Å²) >= 11 is 0. The van der Waals surface area contributed by atoms with E-state index in [-0.39, 0.29) is 0 Å². The summed E-state index contributed by atoms with van der Waals surface area (Å²) in [5.74, 6) is 0. The average molecular weight is 277 g/mol. The van der Waals surface area contributed by atoms with Crippen molar-refractivity contribution in [3.05, 3.63) is 34.4 Å². The van der Waals surface area contributed by atoms with Crippen LogP contribution in [-0.4, -0.2) is 26.8 Å². The minimum atomic E-state index is 0.811. The van der Waals surface area contributed by atoms with E-state index in [0.717, 1.165) is 19.7 Å². The molecule has 0 atom stereocenters. The van der Waals surface area contributed by atoms with Gasteiger partial charge >= 0.3 is 0 Å². The van der Waals surface area contributed by atoms with Crippen LogP contribution in [0, 0.1) is 20.8 Å². The topological polar surface area (TPSA) is 21.3 Å². The first-order chi connectivity index (χ1) is 9.65. The molecule has 1 N–H and O–H groups in total. The van der Waals surface area contributed by atoms with Gasteiger partial charge < -0.3 is 10.1 Å². The number of ether oxygens (including phenoxy) is 1. The molecule has 0 unspecified atom stereocenters. The Kier molecular flexibility index (Phi) is 8.56. The van der Waals surface area contributed by atoms with E-state index in [1.807, 2.05) is 0 Å². The minimum absolute atomic E-state index is 0.811. The van der Waals surface area contributed by atoms with Gasteiger partial charge in [0.15, 0.2) is 0 Å². The van der Waals surface area contributed by atoms with Gasteiger partial charge in [-0.25, -0.2) is 0 Å². The summed E-state index contributed by atoms with van der Waals surface area (Å²) in [4.78, 5) is 0. The van der Waals surface area contributed by atoms with Crippen LogP contribution in [0.25, 0.3) is 0 Å². The monoisotopic (exact) mass is 277 g/mol. The molecule has 2 heteroatoms. The number of methoxy groups -OCH3 is 1. The number of rotatable bonds is 10. The van der Waals surface area contributed by atoms with Crippen LogP contribution in [0.5, 0.6) is 0 Å². The second kappa shape index (κ2) is 9.95. The molecule has 0 bridgehead atoms. The molecule has 0 aromatic heterocycles. The van der Waals surface area contributed by atoms with Crippen molar-refractivity contribution in [1.29, 1.82) is 0 Å². The van der Waals surface area contributed by atoms with Crippen molar-refractivity contribution in [2.45, 2.75) is 52.9 Å². The number of hydrogen-bond acceptors (Lipinski definition) is 2. The van der Waals surface area contributed by atoms with Gasteiger partial charge in [-0.3, -0.25) is 0 Å². The molecule has 0 aliphatic rings. The standard InChI is InChI=1S/C18H31NO/c1-15-13-16(2)18(17(3)14-15)9-7-5-6-8-10-19-11-12-20-4/h13-14,19H,5-12H2,1-4H3. The number of aryl methyl sites for hydroxylation is 3. The maximum Gasteiger partial charge on any atom is 0.0587 e. The molecule has 2 nitrogen and oxygen atoms in total. The van der Waals surface area contributed by atoms with E-state index >= 15 is 0 Å². The molecule has 0 saturated carbocycles. The fraction of sp³-hybridized carbons (Fsp3) is 0.667. The van der Waals surface area contributed by atoms with Crippen LogP contribution in [0.1, 0.15) is 47.9 Å². The normalized spacial score (nSPS) is 11.0. The molecule has 0 amide bonds. The SMILES string of the molecule is COCCNCCCCCCc1c(C)cc(C)cc1C. The molecular weight excluding hydrogens is 246 g/mol. The van der Waals surface area contributed by atoms with Gasteiger partial charge in [0.2, 0.25) is 0 Å². The van der Waals surface area contributed by atoms with E-state index in [0.29, 0.717) is 0 Å². The molecule has 0 heterocycles. The van der Waals surface area contributed by atoms with Crippen LogP contribution in [0.4, 0.5) is 0 Å². The van der Waals surface area contributed by atoms with Crippen LogP contribution in [0.2, 0.25) is 0 Å². The molecule has 1 rings (SSSR count). The third-order valence-electron chi connectivity index (χ3n) is 3.85. The van der Waals surface area contributed by atoms with Crippen molar-refractivity contribution in [2.24, 2.45) is 0 Å². The first-order valence-electron chi connectivity index (χ1n) is 7.91. The first-order valence-corrected chi connectivity index (χ1v) is 7.91.